The van der Waals surface area contributed by atoms with E-state index in [9.17, 15) is 14.4 Å². The highest BCUT2D eigenvalue weighted by atomic mass is 16.6. The fourth-order valence-corrected chi connectivity index (χ4v) is 1.39. The number of ether oxygens (including phenoxy) is 3. The maximum absolute atomic E-state index is 12.0. The van der Waals surface area contributed by atoms with Gasteiger partial charge in [-0.25, -0.2) is 0 Å². The molecule has 140 valence electrons. The SMILES string of the molecule is CCC(=O)OCC(C)(COC(=O)C(C)(C)C)COC(=O)C(C)(C)C. The van der Waals surface area contributed by atoms with Crippen LogP contribution in [0.4, 0.5) is 0 Å². The van der Waals surface area contributed by atoms with Crippen molar-refractivity contribution in [2.45, 2.75) is 61.8 Å². The number of carbonyl (C=O) groups is 3. The van der Waals surface area contributed by atoms with Gasteiger partial charge in [0.2, 0.25) is 0 Å². The van der Waals surface area contributed by atoms with Gasteiger partial charge in [-0.2, -0.15) is 0 Å². The Morgan fingerprint density at radius 2 is 1.00 bits per heavy atom. The van der Waals surface area contributed by atoms with E-state index in [0.29, 0.717) is 0 Å². The molecule has 0 aliphatic rings. The van der Waals surface area contributed by atoms with Crippen LogP contribution >= 0.6 is 0 Å². The molecule has 0 heterocycles. The summed E-state index contributed by atoms with van der Waals surface area (Å²) in [4.78, 5) is 35.3. The summed E-state index contributed by atoms with van der Waals surface area (Å²) in [5, 5.41) is 0. The number of hydrogen-bond acceptors (Lipinski definition) is 6. The molecular formula is C18H32O6. The first-order chi connectivity index (χ1) is 10.7. The second kappa shape index (κ2) is 8.49. The summed E-state index contributed by atoms with van der Waals surface area (Å²) >= 11 is 0. The van der Waals surface area contributed by atoms with E-state index in [1.807, 2.05) is 0 Å². The summed E-state index contributed by atoms with van der Waals surface area (Å²) in [6.07, 6.45) is 0.250. The second-order valence-corrected chi connectivity index (χ2v) is 8.48. The van der Waals surface area contributed by atoms with Gasteiger partial charge in [0.05, 0.1) is 16.2 Å². The molecule has 0 N–H and O–H groups in total. The van der Waals surface area contributed by atoms with Crippen molar-refractivity contribution in [1.29, 1.82) is 0 Å². The van der Waals surface area contributed by atoms with E-state index in [4.69, 9.17) is 14.2 Å². The van der Waals surface area contributed by atoms with E-state index >= 15 is 0 Å². The monoisotopic (exact) mass is 344 g/mol. The third kappa shape index (κ3) is 8.31. The second-order valence-electron chi connectivity index (χ2n) is 8.48. The summed E-state index contributed by atoms with van der Waals surface area (Å²) < 4.78 is 15.8. The molecule has 0 rings (SSSR count). The Balaban J connectivity index is 4.91. The Bertz CT molecular complexity index is 423. The summed E-state index contributed by atoms with van der Waals surface area (Å²) in [6.45, 7) is 14.0. The van der Waals surface area contributed by atoms with Gasteiger partial charge in [0.25, 0.3) is 0 Å². The summed E-state index contributed by atoms with van der Waals surface area (Å²) in [5.41, 5.74) is -2.07. The molecule has 0 amide bonds. The molecule has 6 nitrogen and oxygen atoms in total. The highest BCUT2D eigenvalue weighted by molar-refractivity contribution is 5.76. The smallest absolute Gasteiger partial charge is 0.311 e. The van der Waals surface area contributed by atoms with Crippen molar-refractivity contribution in [3.8, 4) is 0 Å². The summed E-state index contributed by atoms with van der Waals surface area (Å²) in [7, 11) is 0. The van der Waals surface area contributed by atoms with Crippen molar-refractivity contribution in [3.63, 3.8) is 0 Å². The van der Waals surface area contributed by atoms with E-state index in [0.717, 1.165) is 0 Å². The lowest BCUT2D eigenvalue weighted by Gasteiger charge is -2.30. The van der Waals surface area contributed by atoms with Crippen molar-refractivity contribution in [2.75, 3.05) is 19.8 Å². The topological polar surface area (TPSA) is 78.9 Å². The average Bonchev–Trinajstić information content (AvgIpc) is 2.46. The van der Waals surface area contributed by atoms with Crippen LogP contribution in [-0.4, -0.2) is 37.7 Å². The van der Waals surface area contributed by atoms with E-state index in [2.05, 4.69) is 0 Å². The Morgan fingerprint density at radius 3 is 1.29 bits per heavy atom. The zero-order valence-corrected chi connectivity index (χ0v) is 16.3. The Kier molecular flexibility index (Phi) is 7.93. The number of carbonyl (C=O) groups excluding carboxylic acids is 3. The molecule has 6 heteroatoms. The van der Waals surface area contributed by atoms with Gasteiger partial charge in [-0.15, -0.1) is 0 Å². The molecule has 24 heavy (non-hydrogen) atoms. The zero-order chi connectivity index (χ0) is 19.2. The lowest BCUT2D eigenvalue weighted by atomic mass is 9.92. The van der Waals surface area contributed by atoms with Crippen LogP contribution in [-0.2, 0) is 28.6 Å². The number of esters is 3. The molecule has 0 aromatic carbocycles. The van der Waals surface area contributed by atoms with E-state index in [1.54, 1.807) is 55.4 Å². The maximum atomic E-state index is 12.0. The van der Waals surface area contributed by atoms with Gasteiger partial charge < -0.3 is 14.2 Å². The molecule has 0 unspecified atom stereocenters. The standard InChI is InChI=1S/C18H32O6/c1-9-13(19)22-10-18(8,11-23-14(20)16(2,3)4)12-24-15(21)17(5,6)7/h9-12H2,1-8H3. The minimum absolute atomic E-state index is 0.00246. The van der Waals surface area contributed by atoms with Crippen LogP contribution in [0.15, 0.2) is 0 Å². The highest BCUT2D eigenvalue weighted by Crippen LogP contribution is 2.24. The summed E-state index contributed by atoms with van der Waals surface area (Å²) in [5.74, 6) is -1.08. The van der Waals surface area contributed by atoms with E-state index < -0.39 is 16.2 Å². The molecule has 0 aromatic rings. The highest BCUT2D eigenvalue weighted by Gasteiger charge is 2.34. The van der Waals surface area contributed by atoms with Gasteiger partial charge in [0.1, 0.15) is 19.8 Å². The van der Waals surface area contributed by atoms with E-state index in [-0.39, 0.29) is 44.1 Å². The van der Waals surface area contributed by atoms with Crippen molar-refractivity contribution in [3.05, 3.63) is 0 Å². The van der Waals surface area contributed by atoms with Crippen molar-refractivity contribution >= 4 is 17.9 Å². The average molecular weight is 344 g/mol. The molecular weight excluding hydrogens is 312 g/mol. The molecule has 0 bridgehead atoms. The molecule has 0 aliphatic heterocycles. The van der Waals surface area contributed by atoms with Crippen LogP contribution in [0.5, 0.6) is 0 Å². The fraction of sp³-hybridized carbons (Fsp3) is 0.833. The van der Waals surface area contributed by atoms with E-state index in [1.165, 1.54) is 0 Å². The van der Waals surface area contributed by atoms with Crippen molar-refractivity contribution < 1.29 is 28.6 Å². The van der Waals surface area contributed by atoms with Crippen LogP contribution in [0.3, 0.4) is 0 Å². The predicted octanol–water partition coefficient (Wildman–Crippen LogP) is 3.12. The minimum Gasteiger partial charge on any atom is -0.465 e. The largest absolute Gasteiger partial charge is 0.465 e. The van der Waals surface area contributed by atoms with Crippen LogP contribution < -0.4 is 0 Å². The van der Waals surface area contributed by atoms with Crippen molar-refractivity contribution in [1.82, 2.24) is 0 Å². The first-order valence-corrected chi connectivity index (χ1v) is 8.21. The Morgan fingerprint density at radius 1 is 0.667 bits per heavy atom. The molecule has 0 aromatic heterocycles. The predicted molar refractivity (Wildman–Crippen MR) is 90.2 cm³/mol. The molecule has 0 aliphatic carbocycles. The van der Waals surface area contributed by atoms with Gasteiger partial charge in [0.15, 0.2) is 0 Å². The maximum Gasteiger partial charge on any atom is 0.311 e. The summed E-state index contributed by atoms with van der Waals surface area (Å²) in [6, 6.07) is 0. The van der Waals surface area contributed by atoms with Crippen molar-refractivity contribution in [2.24, 2.45) is 16.2 Å². The lowest BCUT2D eigenvalue weighted by Crippen LogP contribution is -2.39. The molecule has 0 saturated carbocycles. The first-order valence-electron chi connectivity index (χ1n) is 8.21. The molecule has 0 saturated heterocycles. The van der Waals surface area contributed by atoms with Gasteiger partial charge in [-0.1, -0.05) is 6.92 Å². The Hall–Kier alpha value is -1.59. The minimum atomic E-state index is -0.799. The molecule has 0 spiro atoms. The molecule has 0 fully saturated rings. The van der Waals surface area contributed by atoms with Gasteiger partial charge >= 0.3 is 17.9 Å². The molecule has 0 atom stereocenters. The first kappa shape index (κ1) is 22.4. The molecule has 0 radical (unpaired) electrons. The zero-order valence-electron chi connectivity index (χ0n) is 16.3. The number of hydrogen-bond donors (Lipinski definition) is 0. The normalized spacial score (nSPS) is 12.5. The lowest BCUT2D eigenvalue weighted by molar-refractivity contribution is -0.168. The Labute approximate surface area is 145 Å². The van der Waals surface area contributed by atoms with Gasteiger partial charge in [-0.3, -0.25) is 14.4 Å². The number of rotatable bonds is 7. The van der Waals surface area contributed by atoms with Gasteiger partial charge in [0, 0.05) is 6.42 Å². The third-order valence-corrected chi connectivity index (χ3v) is 3.20. The van der Waals surface area contributed by atoms with Crippen LogP contribution in [0, 0.1) is 16.2 Å². The van der Waals surface area contributed by atoms with Crippen LogP contribution in [0.2, 0.25) is 0 Å². The fourth-order valence-electron chi connectivity index (χ4n) is 1.39. The quantitative estimate of drug-likeness (QED) is 0.521. The van der Waals surface area contributed by atoms with Crippen LogP contribution in [0.1, 0.15) is 61.8 Å². The van der Waals surface area contributed by atoms with Crippen LogP contribution in [0.25, 0.3) is 0 Å². The van der Waals surface area contributed by atoms with Gasteiger partial charge in [-0.05, 0) is 48.5 Å². The third-order valence-electron chi connectivity index (χ3n) is 3.20.